The molecule has 1 heterocycles. The first-order valence-electron chi connectivity index (χ1n) is 5.80. The summed E-state index contributed by atoms with van der Waals surface area (Å²) < 4.78 is 37.3. The molecule has 1 amide bonds. The highest BCUT2D eigenvalue weighted by atomic mass is 19.4. The Morgan fingerprint density at radius 3 is 2.60 bits per heavy atom. The number of hydrogen-bond donors (Lipinski definition) is 1. The number of amides is 1. The van der Waals surface area contributed by atoms with E-state index in [4.69, 9.17) is 0 Å². The van der Waals surface area contributed by atoms with E-state index < -0.39 is 11.7 Å². The van der Waals surface area contributed by atoms with E-state index in [2.05, 4.69) is 10.3 Å². The summed E-state index contributed by atoms with van der Waals surface area (Å²) in [5, 5.41) is 2.52. The van der Waals surface area contributed by atoms with Crippen molar-refractivity contribution in [1.29, 1.82) is 0 Å². The molecule has 0 atom stereocenters. The molecule has 1 aromatic heterocycles. The van der Waals surface area contributed by atoms with Crippen LogP contribution in [0.15, 0.2) is 42.6 Å². The molecule has 0 unspecified atom stereocenters. The summed E-state index contributed by atoms with van der Waals surface area (Å²) in [6, 6.07) is 9.42. The maximum atomic E-state index is 12.4. The number of pyridine rings is 1. The van der Waals surface area contributed by atoms with E-state index in [1.54, 1.807) is 18.2 Å². The minimum atomic E-state index is -4.39. The van der Waals surface area contributed by atoms with E-state index in [0.717, 1.165) is 17.8 Å². The molecule has 0 radical (unpaired) electrons. The minimum absolute atomic E-state index is 0.359. The van der Waals surface area contributed by atoms with Crippen LogP contribution in [0.2, 0.25) is 0 Å². The van der Waals surface area contributed by atoms with E-state index in [0.29, 0.717) is 24.2 Å². The topological polar surface area (TPSA) is 42.0 Å². The molecule has 20 heavy (non-hydrogen) atoms. The third-order valence-corrected chi connectivity index (χ3v) is 2.70. The van der Waals surface area contributed by atoms with Crippen molar-refractivity contribution in [3.05, 3.63) is 53.7 Å². The highest BCUT2D eigenvalue weighted by Crippen LogP contribution is 2.29. The standard InChI is InChI=1S/C14H11F3N2O/c15-14(16,17)12-4-5-13(19-8-12)11-3-1-2-10(6-11)7-18-9-20/h1-6,8-9H,7H2,(H,18,20). The first-order chi connectivity index (χ1) is 9.50. The monoisotopic (exact) mass is 280 g/mol. The van der Waals surface area contributed by atoms with Gasteiger partial charge in [-0.05, 0) is 23.8 Å². The van der Waals surface area contributed by atoms with Crippen molar-refractivity contribution in [3.63, 3.8) is 0 Å². The molecule has 1 aromatic carbocycles. The normalized spacial score (nSPS) is 11.2. The number of carbonyl (C=O) groups excluding carboxylic acids is 1. The van der Waals surface area contributed by atoms with Crippen LogP contribution in [-0.4, -0.2) is 11.4 Å². The number of hydrogen-bond acceptors (Lipinski definition) is 2. The summed E-state index contributed by atoms with van der Waals surface area (Å²) in [6.45, 7) is 0.359. The van der Waals surface area contributed by atoms with Crippen LogP contribution in [0.5, 0.6) is 0 Å². The van der Waals surface area contributed by atoms with Gasteiger partial charge in [-0.1, -0.05) is 18.2 Å². The van der Waals surface area contributed by atoms with Crippen LogP contribution in [-0.2, 0) is 17.5 Å². The van der Waals surface area contributed by atoms with E-state index in [1.807, 2.05) is 6.07 Å². The van der Waals surface area contributed by atoms with Crippen molar-refractivity contribution < 1.29 is 18.0 Å². The zero-order valence-corrected chi connectivity index (χ0v) is 10.3. The quantitative estimate of drug-likeness (QED) is 0.875. The number of aromatic nitrogens is 1. The lowest BCUT2D eigenvalue weighted by atomic mass is 10.1. The zero-order chi connectivity index (χ0) is 14.6. The van der Waals surface area contributed by atoms with Gasteiger partial charge in [-0.25, -0.2) is 0 Å². The Morgan fingerprint density at radius 2 is 2.00 bits per heavy atom. The molecule has 0 aliphatic heterocycles. The number of nitrogens with one attached hydrogen (secondary N) is 1. The van der Waals surface area contributed by atoms with E-state index in [9.17, 15) is 18.0 Å². The lowest BCUT2D eigenvalue weighted by molar-refractivity contribution is -0.137. The molecule has 0 spiro atoms. The molecule has 0 bridgehead atoms. The van der Waals surface area contributed by atoms with Gasteiger partial charge in [0.05, 0.1) is 11.3 Å². The summed E-state index contributed by atoms with van der Waals surface area (Å²) in [7, 11) is 0. The first-order valence-corrected chi connectivity index (χ1v) is 5.80. The molecule has 1 N–H and O–H groups in total. The number of nitrogens with zero attached hydrogens (tertiary/aromatic N) is 1. The van der Waals surface area contributed by atoms with Crippen molar-refractivity contribution in [2.45, 2.75) is 12.7 Å². The van der Waals surface area contributed by atoms with Gasteiger partial charge in [0.2, 0.25) is 6.41 Å². The van der Waals surface area contributed by atoms with Crippen molar-refractivity contribution in [1.82, 2.24) is 10.3 Å². The van der Waals surface area contributed by atoms with Crippen LogP contribution >= 0.6 is 0 Å². The summed E-state index contributed by atoms with van der Waals surface area (Å²) in [5.41, 5.74) is 1.21. The van der Waals surface area contributed by atoms with Crippen LogP contribution in [0.25, 0.3) is 11.3 Å². The van der Waals surface area contributed by atoms with Gasteiger partial charge in [0.15, 0.2) is 0 Å². The van der Waals surface area contributed by atoms with Gasteiger partial charge in [-0.2, -0.15) is 13.2 Å². The number of rotatable bonds is 4. The maximum absolute atomic E-state index is 12.4. The lowest BCUT2D eigenvalue weighted by Crippen LogP contribution is -2.09. The first kappa shape index (κ1) is 14.0. The Kier molecular flexibility index (Phi) is 4.02. The van der Waals surface area contributed by atoms with Crippen molar-refractivity contribution >= 4 is 6.41 Å². The molecular weight excluding hydrogens is 269 g/mol. The Hall–Kier alpha value is -2.37. The van der Waals surface area contributed by atoms with Gasteiger partial charge in [-0.3, -0.25) is 9.78 Å². The summed E-state index contributed by atoms with van der Waals surface area (Å²) in [6.07, 6.45) is -2.99. The number of halogens is 3. The number of alkyl halides is 3. The average Bonchev–Trinajstić information content (AvgIpc) is 2.45. The van der Waals surface area contributed by atoms with Crippen LogP contribution in [0, 0.1) is 0 Å². The Bertz CT molecular complexity index is 594. The molecule has 104 valence electrons. The summed E-state index contributed by atoms with van der Waals surface area (Å²) >= 11 is 0. The third kappa shape index (κ3) is 3.34. The maximum Gasteiger partial charge on any atom is 0.417 e. The van der Waals surface area contributed by atoms with Crippen molar-refractivity contribution in [2.75, 3.05) is 0 Å². The molecule has 0 saturated heterocycles. The predicted octanol–water partition coefficient (Wildman–Crippen LogP) is 3.01. The summed E-state index contributed by atoms with van der Waals surface area (Å²) in [5.74, 6) is 0. The van der Waals surface area contributed by atoms with Crippen LogP contribution in [0.4, 0.5) is 13.2 Å². The fourth-order valence-electron chi connectivity index (χ4n) is 1.73. The largest absolute Gasteiger partial charge is 0.417 e. The van der Waals surface area contributed by atoms with E-state index in [1.165, 1.54) is 6.07 Å². The smallest absolute Gasteiger partial charge is 0.355 e. The second kappa shape index (κ2) is 5.73. The highest BCUT2D eigenvalue weighted by Gasteiger charge is 2.30. The molecular formula is C14H11F3N2O. The Morgan fingerprint density at radius 1 is 1.20 bits per heavy atom. The van der Waals surface area contributed by atoms with Crippen LogP contribution in [0.1, 0.15) is 11.1 Å². The zero-order valence-electron chi connectivity index (χ0n) is 10.3. The van der Waals surface area contributed by atoms with Gasteiger partial charge in [0.25, 0.3) is 0 Å². The predicted molar refractivity (Wildman–Crippen MR) is 67.6 cm³/mol. The van der Waals surface area contributed by atoms with Gasteiger partial charge < -0.3 is 5.32 Å². The van der Waals surface area contributed by atoms with Crippen LogP contribution < -0.4 is 5.32 Å². The third-order valence-electron chi connectivity index (χ3n) is 2.70. The molecule has 0 aliphatic rings. The molecule has 0 aliphatic carbocycles. The van der Waals surface area contributed by atoms with Crippen molar-refractivity contribution in [3.8, 4) is 11.3 Å². The Labute approximate surface area is 113 Å². The fraction of sp³-hybridized carbons (Fsp3) is 0.143. The molecule has 2 aromatic rings. The Balaban J connectivity index is 2.25. The van der Waals surface area contributed by atoms with Gasteiger partial charge in [0, 0.05) is 18.3 Å². The van der Waals surface area contributed by atoms with Crippen molar-refractivity contribution in [2.24, 2.45) is 0 Å². The molecule has 0 saturated carbocycles. The molecule has 6 heteroatoms. The number of carbonyl (C=O) groups is 1. The summed E-state index contributed by atoms with van der Waals surface area (Å²) in [4.78, 5) is 14.1. The SMILES string of the molecule is O=CNCc1cccc(-c2ccc(C(F)(F)F)cn2)c1. The van der Waals surface area contributed by atoms with Gasteiger partial charge >= 0.3 is 6.18 Å². The van der Waals surface area contributed by atoms with Gasteiger partial charge in [0.1, 0.15) is 0 Å². The second-order valence-corrected chi connectivity index (χ2v) is 4.13. The van der Waals surface area contributed by atoms with E-state index >= 15 is 0 Å². The van der Waals surface area contributed by atoms with E-state index in [-0.39, 0.29) is 0 Å². The molecule has 3 nitrogen and oxygen atoms in total. The minimum Gasteiger partial charge on any atom is -0.355 e. The molecule has 2 rings (SSSR count). The fourth-order valence-corrected chi connectivity index (χ4v) is 1.73. The second-order valence-electron chi connectivity index (χ2n) is 4.13. The van der Waals surface area contributed by atoms with Gasteiger partial charge in [-0.15, -0.1) is 0 Å². The molecule has 0 fully saturated rings. The number of benzene rings is 1. The highest BCUT2D eigenvalue weighted by molar-refractivity contribution is 5.60. The lowest BCUT2D eigenvalue weighted by Gasteiger charge is -2.08. The van der Waals surface area contributed by atoms with Crippen LogP contribution in [0.3, 0.4) is 0 Å². The average molecular weight is 280 g/mol.